The molecular weight excluding hydrogens is 128 g/mol. The molecule has 0 aliphatic rings. The van der Waals surface area contributed by atoms with Crippen molar-refractivity contribution in [2.75, 3.05) is 0 Å². The van der Waals surface area contributed by atoms with Gasteiger partial charge in [0.15, 0.2) is 0 Å². The zero-order valence-corrected chi connectivity index (χ0v) is 6.67. The quantitative estimate of drug-likeness (QED) is 0.185. The number of hydrogen-bond donors (Lipinski definition) is 0. The van der Waals surface area contributed by atoms with E-state index in [4.69, 9.17) is 21.0 Å². The van der Waals surface area contributed by atoms with Gasteiger partial charge in [-0.15, -0.1) is 0 Å². The van der Waals surface area contributed by atoms with Crippen molar-refractivity contribution in [3.63, 3.8) is 0 Å². The monoisotopic (exact) mass is 128 g/mol. The molecule has 0 radical (unpaired) electrons. The van der Waals surface area contributed by atoms with E-state index in [0.29, 0.717) is 0 Å². The van der Waals surface area contributed by atoms with Crippen LogP contribution >= 0.6 is 0 Å². The fraction of sp³-hybridized carbons (Fsp3) is 0. The van der Waals surface area contributed by atoms with E-state index in [9.17, 15) is 0 Å². The molecule has 28 valence electrons. The third-order valence-electron chi connectivity index (χ3n) is 0. The van der Waals surface area contributed by atoms with Crippen LogP contribution in [0.5, 0.6) is 0 Å². The van der Waals surface area contributed by atoms with Crippen LogP contribution in [0.15, 0.2) is 0 Å². The van der Waals surface area contributed by atoms with E-state index in [1.165, 1.54) is 0 Å². The molecule has 0 rings (SSSR count). The summed E-state index contributed by atoms with van der Waals surface area (Å²) in [4.78, 5) is 0. The van der Waals surface area contributed by atoms with Gasteiger partial charge in [-0.25, -0.2) is 0 Å². The summed E-state index contributed by atoms with van der Waals surface area (Å²) in [6, 6.07) is 0. The maximum Gasteiger partial charge on any atom is 2.00 e. The van der Waals surface area contributed by atoms with E-state index in [0.717, 1.165) is 0 Å². The molecule has 0 aromatic rings. The smallest absolute Gasteiger partial charge is 1.00 e. The molecule has 0 N–H and O–H groups in total. The van der Waals surface area contributed by atoms with Gasteiger partial charge in [0.25, 0.3) is 0 Å². The largest absolute Gasteiger partial charge is 2.00 e. The van der Waals surface area contributed by atoms with Gasteiger partial charge in [0.2, 0.25) is 0 Å². The summed E-state index contributed by atoms with van der Waals surface area (Å²) in [5.74, 6) is 0. The molecule has 0 unspecified atom stereocenters. The Morgan fingerprint density at radius 1 is 0.667 bits per heavy atom. The summed E-state index contributed by atoms with van der Waals surface area (Å²) >= 11 is 0. The zero-order chi connectivity index (χ0) is 4.00. The van der Waals surface area contributed by atoms with Gasteiger partial charge >= 0.3 is 60.8 Å². The molecule has 0 spiro atoms. The van der Waals surface area contributed by atoms with Crippen molar-refractivity contribution in [2.45, 2.75) is 0 Å². The normalized spacial score (nSPS) is 2.00. The molecule has 0 heterocycles. The minimum absolute atomic E-state index is 0. The van der Waals surface area contributed by atoms with Crippen molar-refractivity contribution in [1.29, 1.82) is 0 Å². The fourth-order valence-corrected chi connectivity index (χ4v) is 0. The van der Waals surface area contributed by atoms with Gasteiger partial charge in [0.1, 0.15) is 0 Å². The van der Waals surface area contributed by atoms with E-state index in [2.05, 4.69) is 0 Å². The Bertz CT molecular complexity index is 7.51. The van der Waals surface area contributed by atoms with Crippen LogP contribution in [-0.2, 0) is 0 Å². The fourth-order valence-electron chi connectivity index (χ4n) is 0. The van der Waals surface area contributed by atoms with Crippen molar-refractivity contribution in [3.8, 4) is 0 Å². The van der Waals surface area contributed by atoms with E-state index in [-0.39, 0.29) is 60.8 Å². The van der Waals surface area contributed by atoms with Crippen LogP contribution in [0.1, 0.15) is 0 Å². The van der Waals surface area contributed by atoms with E-state index in [1.807, 2.05) is 0 Å². The summed E-state index contributed by atoms with van der Waals surface area (Å²) in [6.45, 7) is 0. The average molecular weight is 128 g/mol. The summed E-state index contributed by atoms with van der Waals surface area (Å²) < 4.78 is 0. The molecule has 6 heavy (non-hydrogen) atoms. The predicted octanol–water partition coefficient (Wildman–Crippen LogP) is -5.52. The Kier molecular flexibility index (Phi) is 281. The van der Waals surface area contributed by atoms with Crippen molar-refractivity contribution < 1.29 is 21.0 Å². The first-order valence-corrected chi connectivity index (χ1v) is 0.333. The molecule has 6 heteroatoms. The van der Waals surface area contributed by atoms with Crippen LogP contribution in [0, 0.1) is 0 Å². The average Bonchev–Trinajstić information content (AvgIpc) is 1.50. The van der Waals surface area contributed by atoms with Crippen molar-refractivity contribution in [3.05, 3.63) is 0 Å². The Morgan fingerprint density at radius 3 is 0.667 bits per heavy atom. The summed E-state index contributed by atoms with van der Waals surface area (Å²) in [7, 11) is 0. The van der Waals surface area contributed by atoms with Crippen LogP contribution in [-0.4, -0.2) is 60.8 Å². The Morgan fingerprint density at radius 2 is 0.667 bits per heavy atom. The third-order valence-corrected chi connectivity index (χ3v) is 0. The number of hydrogen-bond acceptors (Lipinski definition) is 4. The SMILES string of the molecule is [Ca+2].[Mg+2].[O-][O-].[O-][O-]. The molecule has 0 aliphatic heterocycles. The van der Waals surface area contributed by atoms with Crippen molar-refractivity contribution in [1.82, 2.24) is 0 Å². The van der Waals surface area contributed by atoms with Crippen LogP contribution < -0.4 is 21.0 Å². The van der Waals surface area contributed by atoms with E-state index in [1.54, 1.807) is 0 Å². The first-order chi connectivity index (χ1) is 2.00. The molecule has 0 amide bonds. The van der Waals surface area contributed by atoms with Crippen molar-refractivity contribution in [2.24, 2.45) is 0 Å². The van der Waals surface area contributed by atoms with Crippen LogP contribution in [0.2, 0.25) is 0 Å². The second-order valence-corrected chi connectivity index (χ2v) is 0. The van der Waals surface area contributed by atoms with Gasteiger partial charge in [-0.05, 0) is 0 Å². The van der Waals surface area contributed by atoms with Gasteiger partial charge in [-0.2, -0.15) is 0 Å². The Balaban J connectivity index is -0.00000000500. The van der Waals surface area contributed by atoms with E-state index >= 15 is 0 Å². The first-order valence-electron chi connectivity index (χ1n) is 0.333. The minimum atomic E-state index is 0. The maximum atomic E-state index is 7.00. The van der Waals surface area contributed by atoms with Gasteiger partial charge in [0, 0.05) is 0 Å². The second kappa shape index (κ2) is 67.9. The van der Waals surface area contributed by atoms with Gasteiger partial charge in [-0.1, -0.05) is 0 Å². The number of rotatable bonds is 0. The molecule has 0 fully saturated rings. The summed E-state index contributed by atoms with van der Waals surface area (Å²) in [6.07, 6.45) is 0. The zero-order valence-electron chi connectivity index (χ0n) is 3.05. The van der Waals surface area contributed by atoms with Crippen LogP contribution in [0.3, 0.4) is 0 Å². The molecule has 0 aromatic carbocycles. The molecule has 0 aliphatic carbocycles. The summed E-state index contributed by atoms with van der Waals surface area (Å²) in [5, 5.41) is 28.0. The second-order valence-electron chi connectivity index (χ2n) is 0. The molecule has 0 saturated heterocycles. The van der Waals surface area contributed by atoms with Crippen LogP contribution in [0.25, 0.3) is 0 Å². The first kappa shape index (κ1) is 24.8. The predicted molar refractivity (Wildman–Crippen MR) is 11.5 cm³/mol. The summed E-state index contributed by atoms with van der Waals surface area (Å²) in [5.41, 5.74) is 0. The molecule has 0 atom stereocenters. The van der Waals surface area contributed by atoms with Gasteiger partial charge in [-0.3, -0.25) is 0 Å². The molecular formula is CaMgO4. The van der Waals surface area contributed by atoms with Crippen molar-refractivity contribution >= 4 is 60.8 Å². The standard InChI is InChI=1S/Ca.Mg.2O2/c;;2*1-2/q2*+2;2*-2. The molecule has 0 bridgehead atoms. The Labute approximate surface area is 80.8 Å². The van der Waals surface area contributed by atoms with Gasteiger partial charge in [0.05, 0.1) is 0 Å². The molecule has 0 saturated carbocycles. The van der Waals surface area contributed by atoms with E-state index < -0.39 is 0 Å². The third kappa shape index (κ3) is 39.9. The minimum Gasteiger partial charge on any atom is -1.00 e. The van der Waals surface area contributed by atoms with Crippen LogP contribution in [0.4, 0.5) is 0 Å². The molecule has 0 aromatic heterocycles. The maximum absolute atomic E-state index is 7.00. The Hall–Kier alpha value is 1.87. The molecule has 4 nitrogen and oxygen atoms in total. The topological polar surface area (TPSA) is 92.2 Å². The van der Waals surface area contributed by atoms with Gasteiger partial charge < -0.3 is 21.0 Å².